The van der Waals surface area contributed by atoms with Gasteiger partial charge in [-0.3, -0.25) is 4.68 Å². The van der Waals surface area contributed by atoms with Crippen molar-refractivity contribution in [2.45, 2.75) is 77.2 Å². The molecule has 2 aliphatic rings. The number of alkyl halides is 4. The highest BCUT2D eigenvalue weighted by molar-refractivity contribution is 5.68. The Labute approximate surface area is 160 Å². The number of carbonyl (C=O) groups excluding carboxylic acids is 1. The fraction of sp³-hybridized carbons (Fsp3) is 0.778. The Kier molecular flexibility index (Phi) is 5.62. The van der Waals surface area contributed by atoms with Gasteiger partial charge in [-0.25, -0.2) is 13.6 Å². The van der Waals surface area contributed by atoms with Gasteiger partial charge in [-0.15, -0.1) is 0 Å². The number of fused-ring (bicyclic) bond motifs is 3. The second-order valence-electron chi connectivity index (χ2n) is 8.20. The first kappa shape index (κ1) is 20.9. The maximum atomic E-state index is 14.9. The fourth-order valence-electron chi connectivity index (χ4n) is 3.54. The number of ether oxygens (including phenoxy) is 2. The van der Waals surface area contributed by atoms with E-state index in [1.165, 1.54) is 9.58 Å². The summed E-state index contributed by atoms with van der Waals surface area (Å²) in [5.74, 6) is -3.18. The summed E-state index contributed by atoms with van der Waals surface area (Å²) >= 11 is 0. The molecule has 0 spiro atoms. The maximum Gasteiger partial charge on any atom is 0.410 e. The van der Waals surface area contributed by atoms with Gasteiger partial charge in [-0.1, -0.05) is 0 Å². The van der Waals surface area contributed by atoms with E-state index in [1.807, 2.05) is 0 Å². The Morgan fingerprint density at radius 1 is 1.36 bits per heavy atom. The van der Waals surface area contributed by atoms with Gasteiger partial charge in [0.15, 0.2) is 0 Å². The van der Waals surface area contributed by atoms with E-state index in [0.29, 0.717) is 24.2 Å². The number of nitrogens with zero attached hydrogens (tertiary/aromatic N) is 3. The molecule has 0 saturated heterocycles. The van der Waals surface area contributed by atoms with Crippen molar-refractivity contribution in [2.75, 3.05) is 13.2 Å². The summed E-state index contributed by atoms with van der Waals surface area (Å²) in [4.78, 5) is 13.7. The van der Waals surface area contributed by atoms with Crippen LogP contribution in [0, 0.1) is 0 Å². The Morgan fingerprint density at radius 3 is 2.71 bits per heavy atom. The van der Waals surface area contributed by atoms with Gasteiger partial charge < -0.3 is 14.4 Å². The molecule has 0 unspecified atom stereocenters. The van der Waals surface area contributed by atoms with Gasteiger partial charge in [-0.2, -0.15) is 13.9 Å². The van der Waals surface area contributed by atoms with Gasteiger partial charge in [0, 0.05) is 24.9 Å². The van der Waals surface area contributed by atoms with Crippen LogP contribution in [0.5, 0.6) is 0 Å². The summed E-state index contributed by atoms with van der Waals surface area (Å²) in [5, 5.41) is 4.28. The smallest absolute Gasteiger partial charge is 0.410 e. The minimum Gasteiger partial charge on any atom is -0.444 e. The molecule has 3 rings (SSSR count). The molecule has 2 aliphatic heterocycles. The SMILES string of the molecule is CC(C)(C)OC(=O)N1CCc2nn3c(c2C1)C(F)(F)CC[C@H](OCC(F)F)C3. The quantitative estimate of drug-likeness (QED) is 0.717. The second kappa shape index (κ2) is 7.53. The van der Waals surface area contributed by atoms with E-state index in [4.69, 9.17) is 9.47 Å². The van der Waals surface area contributed by atoms with Crippen LogP contribution in [0.1, 0.15) is 50.6 Å². The summed E-state index contributed by atoms with van der Waals surface area (Å²) in [6.45, 7) is 4.70. The number of amides is 1. The molecule has 1 aromatic heterocycles. The maximum absolute atomic E-state index is 14.9. The van der Waals surface area contributed by atoms with Crippen LogP contribution in [0.4, 0.5) is 22.4 Å². The molecular formula is C18H25F4N3O3. The average molecular weight is 407 g/mol. The highest BCUT2D eigenvalue weighted by atomic mass is 19.3. The molecule has 1 aromatic rings. The van der Waals surface area contributed by atoms with Crippen molar-refractivity contribution in [1.29, 1.82) is 0 Å². The predicted octanol–water partition coefficient (Wildman–Crippen LogP) is 3.71. The lowest BCUT2D eigenvalue weighted by atomic mass is 10.00. The van der Waals surface area contributed by atoms with Crippen LogP contribution in [-0.2, 0) is 34.9 Å². The van der Waals surface area contributed by atoms with Crippen LogP contribution < -0.4 is 0 Å². The Balaban J connectivity index is 1.84. The van der Waals surface area contributed by atoms with Crippen molar-refractivity contribution in [2.24, 2.45) is 0 Å². The van der Waals surface area contributed by atoms with Crippen LogP contribution in [0.2, 0.25) is 0 Å². The van der Waals surface area contributed by atoms with Crippen LogP contribution in [0.15, 0.2) is 0 Å². The van der Waals surface area contributed by atoms with Gasteiger partial charge in [-0.05, 0) is 27.2 Å². The number of aromatic nitrogens is 2. The molecule has 1 atom stereocenters. The Hall–Kier alpha value is -1.84. The molecule has 0 bridgehead atoms. The zero-order chi connectivity index (χ0) is 20.7. The van der Waals surface area contributed by atoms with Gasteiger partial charge >= 0.3 is 6.09 Å². The lowest BCUT2D eigenvalue weighted by Crippen LogP contribution is -2.40. The fourth-order valence-corrected chi connectivity index (χ4v) is 3.54. The van der Waals surface area contributed by atoms with Crippen LogP contribution in [-0.4, -0.2) is 52.1 Å². The number of rotatable bonds is 3. The summed E-state index contributed by atoms with van der Waals surface area (Å²) in [6.07, 6.45) is -4.22. The van der Waals surface area contributed by atoms with E-state index < -0.39 is 43.2 Å². The topological polar surface area (TPSA) is 56.6 Å². The van der Waals surface area contributed by atoms with Gasteiger partial charge in [0.25, 0.3) is 12.3 Å². The molecule has 1 amide bonds. The largest absolute Gasteiger partial charge is 0.444 e. The minimum atomic E-state index is -3.18. The third-order valence-corrected chi connectivity index (χ3v) is 4.71. The van der Waals surface area contributed by atoms with Crippen LogP contribution in [0.3, 0.4) is 0 Å². The first-order valence-corrected chi connectivity index (χ1v) is 9.31. The summed E-state index contributed by atoms with van der Waals surface area (Å²) in [5.41, 5.74) is -0.119. The molecule has 28 heavy (non-hydrogen) atoms. The molecule has 158 valence electrons. The van der Waals surface area contributed by atoms with Gasteiger partial charge in [0.2, 0.25) is 0 Å². The van der Waals surface area contributed by atoms with Gasteiger partial charge in [0.1, 0.15) is 17.9 Å². The standard InChI is InChI=1S/C18H25F4N3O3/c1-17(2,3)28-16(26)24-7-5-13-12(9-24)15-18(21,22)6-4-11(8-25(15)23-13)27-10-14(19)20/h11,14H,4-10H2,1-3H3/t11-/m0/s1. The van der Waals surface area contributed by atoms with E-state index in [9.17, 15) is 22.4 Å². The molecule has 6 nitrogen and oxygen atoms in total. The van der Waals surface area contributed by atoms with Crippen molar-refractivity contribution in [1.82, 2.24) is 14.7 Å². The lowest BCUT2D eigenvalue weighted by molar-refractivity contribution is -0.0495. The Bertz CT molecular complexity index is 730. The normalized spacial score (nSPS) is 21.9. The zero-order valence-corrected chi connectivity index (χ0v) is 16.2. The molecule has 0 aromatic carbocycles. The third-order valence-electron chi connectivity index (χ3n) is 4.71. The number of hydrogen-bond acceptors (Lipinski definition) is 4. The molecule has 0 saturated carbocycles. The zero-order valence-electron chi connectivity index (χ0n) is 16.2. The highest BCUT2D eigenvalue weighted by Crippen LogP contribution is 2.41. The molecular weight excluding hydrogens is 382 g/mol. The van der Waals surface area contributed by atoms with Crippen molar-refractivity contribution < 1.29 is 31.8 Å². The summed E-state index contributed by atoms with van der Waals surface area (Å²) in [6, 6.07) is 0. The van der Waals surface area contributed by atoms with Crippen LogP contribution >= 0.6 is 0 Å². The lowest BCUT2D eigenvalue weighted by Gasteiger charge is -2.30. The molecule has 0 aliphatic carbocycles. The second-order valence-corrected chi connectivity index (χ2v) is 8.20. The molecule has 0 N–H and O–H groups in total. The highest BCUT2D eigenvalue weighted by Gasteiger charge is 2.44. The molecule has 0 fully saturated rings. The van der Waals surface area contributed by atoms with E-state index in [2.05, 4.69) is 5.10 Å². The number of halogens is 4. The van der Waals surface area contributed by atoms with Crippen molar-refractivity contribution in [3.8, 4) is 0 Å². The van der Waals surface area contributed by atoms with E-state index in [1.54, 1.807) is 20.8 Å². The van der Waals surface area contributed by atoms with E-state index >= 15 is 0 Å². The summed E-state index contributed by atoms with van der Waals surface area (Å²) < 4.78 is 66.1. The number of carbonyl (C=O) groups is 1. The van der Waals surface area contributed by atoms with Crippen molar-refractivity contribution in [3.05, 3.63) is 17.0 Å². The molecule has 3 heterocycles. The molecule has 10 heteroatoms. The van der Waals surface area contributed by atoms with E-state index in [0.717, 1.165) is 0 Å². The first-order valence-electron chi connectivity index (χ1n) is 9.31. The minimum absolute atomic E-state index is 0.0161. The first-order chi connectivity index (χ1) is 13.0. The van der Waals surface area contributed by atoms with Gasteiger partial charge in [0.05, 0.1) is 24.9 Å². The van der Waals surface area contributed by atoms with E-state index in [-0.39, 0.29) is 25.2 Å². The average Bonchev–Trinajstić information content (AvgIpc) is 2.87. The monoisotopic (exact) mass is 407 g/mol. The predicted molar refractivity (Wildman–Crippen MR) is 91.4 cm³/mol. The van der Waals surface area contributed by atoms with Crippen LogP contribution in [0.25, 0.3) is 0 Å². The molecule has 0 radical (unpaired) electrons. The van der Waals surface area contributed by atoms with Crippen molar-refractivity contribution >= 4 is 6.09 Å². The third kappa shape index (κ3) is 4.59. The van der Waals surface area contributed by atoms with Crippen molar-refractivity contribution in [3.63, 3.8) is 0 Å². The Morgan fingerprint density at radius 2 is 2.07 bits per heavy atom. The summed E-state index contributed by atoms with van der Waals surface area (Å²) in [7, 11) is 0. The number of hydrogen-bond donors (Lipinski definition) is 0.